The number of aromatic hydroxyl groups is 1. The minimum atomic E-state index is -4.11. The van der Waals surface area contributed by atoms with E-state index in [0.29, 0.717) is 30.5 Å². The molecule has 13 N–H and O–H groups in total. The van der Waals surface area contributed by atoms with E-state index in [1.807, 2.05) is 0 Å². The van der Waals surface area contributed by atoms with Crippen LogP contribution in [-0.2, 0) is 70.8 Å². The third kappa shape index (κ3) is 22.5. The Balaban J connectivity index is 1.61. The Morgan fingerprint density at radius 1 is 0.770 bits per heavy atom. The van der Waals surface area contributed by atoms with E-state index < -0.39 is 141 Å². The van der Waals surface area contributed by atoms with Gasteiger partial charge in [0.1, 0.15) is 59.7 Å². The Kier molecular flexibility index (Phi) is 27.0. The number of aliphatic carboxylic acids is 1. The predicted molar refractivity (Wildman–Crippen MR) is 319 cm³/mol. The highest BCUT2D eigenvalue weighted by Gasteiger charge is 2.41. The molecule has 0 radical (unpaired) electrons. The number of imidazole rings is 1. The quantitative estimate of drug-likeness (QED) is 0.0144. The Morgan fingerprint density at radius 2 is 1.36 bits per heavy atom. The summed E-state index contributed by atoms with van der Waals surface area (Å²) in [5, 5.41) is 36.2. The fourth-order valence-electron chi connectivity index (χ4n) is 9.06. The van der Waals surface area contributed by atoms with E-state index in [0.717, 1.165) is 5.56 Å². The molecule has 87 heavy (non-hydrogen) atoms. The number of aromatic nitrogens is 2. The molecule has 1 aromatic heterocycles. The standard InChI is InChI=1S/C58H87N13O15S/c1-12-34(6)46(53(78)65-43(29-38-30-60-31-62-38)54(79)71-27-15-17-44(71)51(76)68-47(55(80)81)35(7)13-2)67-50(75)42(28-37-20-22-39(72)23-21-37)64-52(77)45(32(3)4)66-49(74)41(63-48(73)36(8)69-86-57(82)85-58(9,10)11)16-14-26-61-56(59)70-87(83,84)40-24-18-33(5)19-25-40/h18-25,30-32,34-36,41-47,69,72H,12-17,26-29H2,1-11H3,(H,60,62)(H,63,73)(H,64,77)(H,65,78)(H,66,74)(H,67,75)(H,68,76)(H,80,81)(H3,59,61,70)/t34-,35-,36-,41-,42-,43-,44-,45-,46-,47-/m0/s1. The van der Waals surface area contributed by atoms with Crippen LogP contribution >= 0.6 is 0 Å². The number of benzene rings is 2. The van der Waals surface area contributed by atoms with Crippen molar-refractivity contribution in [3.8, 4) is 5.75 Å². The number of ether oxygens (including phenoxy) is 1. The number of carbonyl (C=O) groups is 9. The minimum absolute atomic E-state index is 0.0153. The average molecular weight is 1240 g/mol. The number of guanidine groups is 1. The summed E-state index contributed by atoms with van der Waals surface area (Å²) in [4.78, 5) is 142. The number of hydrogen-bond donors (Lipinski definition) is 12. The first-order valence-electron chi connectivity index (χ1n) is 29.0. The Hall–Kier alpha value is -8.34. The second-order valence-electron chi connectivity index (χ2n) is 23.1. The zero-order chi connectivity index (χ0) is 64.9. The number of aliphatic imine (C=N–C) groups is 1. The Bertz CT molecular complexity index is 2970. The van der Waals surface area contributed by atoms with Crippen molar-refractivity contribution in [1.29, 1.82) is 0 Å². The summed E-state index contributed by atoms with van der Waals surface area (Å²) in [5.41, 5.74) is 9.04. The van der Waals surface area contributed by atoms with Gasteiger partial charge in [-0.05, 0) is 108 Å². The van der Waals surface area contributed by atoms with Gasteiger partial charge in [0.2, 0.25) is 47.3 Å². The molecule has 1 saturated heterocycles. The van der Waals surface area contributed by atoms with Crippen molar-refractivity contribution in [2.75, 3.05) is 13.1 Å². The highest BCUT2D eigenvalue weighted by atomic mass is 32.2. The zero-order valence-electron chi connectivity index (χ0n) is 51.2. The molecule has 7 amide bonds. The molecule has 0 spiro atoms. The van der Waals surface area contributed by atoms with Crippen molar-refractivity contribution in [1.82, 2.24) is 57.0 Å². The Morgan fingerprint density at radius 3 is 1.94 bits per heavy atom. The topological polar surface area (TPSA) is 413 Å². The summed E-state index contributed by atoms with van der Waals surface area (Å²) in [6, 6.07) is 1.33. The molecule has 1 fully saturated rings. The van der Waals surface area contributed by atoms with Crippen LogP contribution in [0, 0.1) is 24.7 Å². The van der Waals surface area contributed by atoms with Crippen LogP contribution < -0.4 is 47.8 Å². The van der Waals surface area contributed by atoms with Crippen molar-refractivity contribution in [2.24, 2.45) is 28.5 Å². The lowest BCUT2D eigenvalue weighted by Gasteiger charge is -2.32. The van der Waals surface area contributed by atoms with Crippen LogP contribution in [0.25, 0.3) is 0 Å². The zero-order valence-corrected chi connectivity index (χ0v) is 52.0. The second kappa shape index (κ2) is 33.0. The fraction of sp³-hybridized carbons (Fsp3) is 0.569. The molecule has 29 heteroatoms. The number of aryl methyl sites for hydroxylation is 1. The molecular formula is C58H87N13O15S. The van der Waals surface area contributed by atoms with Crippen LogP contribution in [0.1, 0.15) is 125 Å². The van der Waals surface area contributed by atoms with Gasteiger partial charge in [0.25, 0.3) is 10.0 Å². The monoisotopic (exact) mass is 1240 g/mol. The summed E-state index contributed by atoms with van der Waals surface area (Å²) < 4.78 is 33.2. The van der Waals surface area contributed by atoms with Crippen molar-refractivity contribution in [2.45, 2.75) is 186 Å². The van der Waals surface area contributed by atoms with E-state index >= 15 is 0 Å². The van der Waals surface area contributed by atoms with E-state index in [9.17, 15) is 61.8 Å². The summed E-state index contributed by atoms with van der Waals surface area (Å²) in [7, 11) is -4.11. The van der Waals surface area contributed by atoms with Crippen LogP contribution in [-0.4, -0.2) is 160 Å². The fourth-order valence-corrected chi connectivity index (χ4v) is 10.0. The number of H-pyrrole nitrogens is 1. The maximum Gasteiger partial charge on any atom is 0.528 e. The van der Waals surface area contributed by atoms with Gasteiger partial charge >= 0.3 is 12.1 Å². The molecule has 2 heterocycles. The summed E-state index contributed by atoms with van der Waals surface area (Å²) in [5.74, 6) is -8.97. The van der Waals surface area contributed by atoms with Crippen molar-refractivity contribution < 1.29 is 71.4 Å². The lowest BCUT2D eigenvalue weighted by Crippen LogP contribution is -2.62. The molecule has 2 aromatic carbocycles. The molecule has 0 unspecified atom stereocenters. The van der Waals surface area contributed by atoms with Gasteiger partial charge in [-0.2, -0.15) is 0 Å². The molecule has 0 bridgehead atoms. The number of sulfonamides is 1. The molecule has 1 aliphatic heterocycles. The molecule has 28 nitrogen and oxygen atoms in total. The number of hydrogen-bond acceptors (Lipinski definition) is 17. The van der Waals surface area contributed by atoms with Crippen LogP contribution in [0.5, 0.6) is 5.75 Å². The van der Waals surface area contributed by atoms with E-state index in [1.165, 1.54) is 60.7 Å². The minimum Gasteiger partial charge on any atom is -0.508 e. The van der Waals surface area contributed by atoms with Gasteiger partial charge in [0.05, 0.1) is 11.2 Å². The molecule has 10 atom stereocenters. The number of nitrogens with one attached hydrogen (secondary N) is 9. The first-order valence-corrected chi connectivity index (χ1v) is 30.5. The van der Waals surface area contributed by atoms with E-state index in [1.54, 1.807) is 81.4 Å². The summed E-state index contributed by atoms with van der Waals surface area (Å²) >= 11 is 0. The van der Waals surface area contributed by atoms with E-state index in [4.69, 9.17) is 15.3 Å². The molecule has 0 aliphatic carbocycles. The van der Waals surface area contributed by atoms with Gasteiger partial charge in [-0.1, -0.05) is 84.2 Å². The number of amides is 7. The highest BCUT2D eigenvalue weighted by Crippen LogP contribution is 2.22. The van der Waals surface area contributed by atoms with Gasteiger partial charge < -0.3 is 67.3 Å². The summed E-state index contributed by atoms with van der Waals surface area (Å²) in [6.07, 6.45) is 2.67. The average Bonchev–Trinajstić information content (AvgIpc) is 3.05. The van der Waals surface area contributed by atoms with Crippen molar-refractivity contribution in [3.05, 3.63) is 77.9 Å². The number of likely N-dealkylation sites (tertiary alicyclic amines) is 1. The number of carboxylic acids is 1. The number of aromatic amines is 1. The molecular weight excluding hydrogens is 1150 g/mol. The molecule has 1 aliphatic rings. The number of nitrogens with two attached hydrogens (primary N) is 1. The van der Waals surface area contributed by atoms with Gasteiger partial charge in [-0.15, -0.1) is 5.48 Å². The third-order valence-electron chi connectivity index (χ3n) is 14.5. The number of phenolic OH excluding ortho intramolecular Hbond substituents is 1. The SMILES string of the molecule is CC[C@H](C)[C@H](NC(=O)[C@@H]1CCCN1C(=O)[C@H](Cc1cnc[nH]1)NC(=O)[C@@H](NC(=O)[C@H](Cc1ccc(O)cc1)NC(=O)[C@@H](NC(=O)[C@H](CCCN=C(N)NS(=O)(=O)c1ccc(C)cc1)NC(=O)[C@H](C)NOC(=O)OC(C)(C)C)C(C)C)[C@@H](C)CC)C(=O)O. The number of carbonyl (C=O) groups excluding carboxylic acids is 8. The van der Waals surface area contributed by atoms with E-state index in [-0.39, 0.29) is 55.8 Å². The maximum absolute atomic E-state index is 14.8. The molecule has 480 valence electrons. The van der Waals surface area contributed by atoms with Crippen molar-refractivity contribution >= 4 is 69.5 Å². The molecule has 0 saturated carbocycles. The Labute approximate surface area is 507 Å². The number of phenols is 1. The van der Waals surface area contributed by atoms with E-state index in [2.05, 4.69) is 57.1 Å². The second-order valence-corrected chi connectivity index (χ2v) is 24.8. The van der Waals surface area contributed by atoms with Gasteiger partial charge in [-0.3, -0.25) is 38.6 Å². The van der Waals surface area contributed by atoms with Crippen LogP contribution in [0.4, 0.5) is 4.79 Å². The van der Waals surface area contributed by atoms with Gasteiger partial charge in [0, 0.05) is 37.8 Å². The molecule has 4 rings (SSSR count). The van der Waals surface area contributed by atoms with Crippen LogP contribution in [0.3, 0.4) is 0 Å². The first kappa shape index (κ1) is 71.1. The largest absolute Gasteiger partial charge is 0.528 e. The number of carboxylic acid groups (broad SMARTS) is 1. The van der Waals surface area contributed by atoms with Crippen LogP contribution in [0.2, 0.25) is 0 Å². The van der Waals surface area contributed by atoms with Crippen molar-refractivity contribution in [3.63, 3.8) is 0 Å². The van der Waals surface area contributed by atoms with Crippen LogP contribution in [0.15, 0.2) is 70.9 Å². The third-order valence-corrected chi connectivity index (χ3v) is 15.9. The lowest BCUT2D eigenvalue weighted by atomic mass is 9.96. The highest BCUT2D eigenvalue weighted by molar-refractivity contribution is 7.90. The lowest BCUT2D eigenvalue weighted by molar-refractivity contribution is -0.146. The summed E-state index contributed by atoms with van der Waals surface area (Å²) in [6.45, 7) is 18.1. The smallest absolute Gasteiger partial charge is 0.508 e. The predicted octanol–water partition coefficient (Wildman–Crippen LogP) is 1.86. The first-order chi connectivity index (χ1) is 40.8. The van der Waals surface area contributed by atoms with Gasteiger partial charge in [-0.25, -0.2) is 27.7 Å². The maximum atomic E-state index is 14.8. The molecule has 3 aromatic rings. The van der Waals surface area contributed by atoms with Gasteiger partial charge in [0.15, 0.2) is 0 Å². The normalized spacial score (nSPS) is 16.7. The number of rotatable bonds is 31. The number of nitrogens with zero attached hydrogens (tertiary/aromatic N) is 3. The number of hydroxylamine groups is 1.